The van der Waals surface area contributed by atoms with Crippen molar-refractivity contribution in [2.45, 2.75) is 19.9 Å². The number of oxazole rings is 1. The molecule has 0 fully saturated rings. The largest absolute Gasteiger partial charge is 0.446 e. The van der Waals surface area contributed by atoms with E-state index in [1.807, 2.05) is 19.2 Å². The summed E-state index contributed by atoms with van der Waals surface area (Å²) in [7, 11) is 0. The van der Waals surface area contributed by atoms with Gasteiger partial charge in [0.25, 0.3) is 0 Å². The molecule has 0 amide bonds. The topological polar surface area (TPSA) is 55.4 Å². The Hall–Kier alpha value is -3.08. The minimum atomic E-state index is 0.0659. The van der Waals surface area contributed by atoms with Crippen LogP contribution in [-0.4, -0.2) is 14.4 Å². The molecule has 1 aromatic carbocycles. The van der Waals surface area contributed by atoms with E-state index in [0.29, 0.717) is 0 Å². The summed E-state index contributed by atoms with van der Waals surface area (Å²) in [6.45, 7) is 4.11. The molecule has 4 aromatic rings. The molecule has 3 heterocycles. The SMILES string of the molecule is Cc1cccn2cc(-c3ccc(NC(C)c4cnco4)cc3)nc12. The van der Waals surface area contributed by atoms with E-state index in [1.165, 1.54) is 12.0 Å². The van der Waals surface area contributed by atoms with Crippen LogP contribution in [0.25, 0.3) is 16.9 Å². The number of benzene rings is 1. The van der Waals surface area contributed by atoms with Gasteiger partial charge in [-0.05, 0) is 37.6 Å². The predicted octanol–water partition coefficient (Wildman–Crippen LogP) is 4.47. The molecule has 0 saturated heterocycles. The second-order valence-electron chi connectivity index (χ2n) is 5.90. The van der Waals surface area contributed by atoms with Crippen molar-refractivity contribution in [1.82, 2.24) is 14.4 Å². The van der Waals surface area contributed by atoms with Crippen LogP contribution in [0.1, 0.15) is 24.3 Å². The fraction of sp³-hybridized carbons (Fsp3) is 0.158. The van der Waals surface area contributed by atoms with E-state index in [-0.39, 0.29) is 6.04 Å². The first-order chi connectivity index (χ1) is 11.7. The molecule has 4 rings (SSSR count). The lowest BCUT2D eigenvalue weighted by atomic mass is 10.1. The smallest absolute Gasteiger partial charge is 0.180 e. The highest BCUT2D eigenvalue weighted by atomic mass is 16.3. The summed E-state index contributed by atoms with van der Waals surface area (Å²) in [6.07, 6.45) is 7.25. The van der Waals surface area contributed by atoms with Gasteiger partial charge in [-0.3, -0.25) is 0 Å². The second-order valence-corrected chi connectivity index (χ2v) is 5.90. The number of pyridine rings is 1. The monoisotopic (exact) mass is 318 g/mol. The summed E-state index contributed by atoms with van der Waals surface area (Å²) in [5.41, 5.74) is 5.26. The van der Waals surface area contributed by atoms with Crippen molar-refractivity contribution < 1.29 is 4.42 Å². The summed E-state index contributed by atoms with van der Waals surface area (Å²) in [5, 5.41) is 3.40. The second kappa shape index (κ2) is 5.85. The summed E-state index contributed by atoms with van der Waals surface area (Å²) in [5.74, 6) is 0.815. The van der Waals surface area contributed by atoms with E-state index >= 15 is 0 Å². The standard InChI is InChI=1S/C19H18N4O/c1-13-4-3-9-23-11-17(22-19(13)23)15-5-7-16(8-6-15)21-14(2)18-10-20-12-24-18/h3-12,14,21H,1-2H3. The number of fused-ring (bicyclic) bond motifs is 1. The summed E-state index contributed by atoms with van der Waals surface area (Å²) in [4.78, 5) is 8.68. The maximum Gasteiger partial charge on any atom is 0.180 e. The van der Waals surface area contributed by atoms with Crippen molar-refractivity contribution in [1.29, 1.82) is 0 Å². The first-order valence-corrected chi connectivity index (χ1v) is 7.90. The lowest BCUT2D eigenvalue weighted by Gasteiger charge is -2.12. The zero-order valence-electron chi connectivity index (χ0n) is 13.6. The van der Waals surface area contributed by atoms with Gasteiger partial charge < -0.3 is 14.1 Å². The molecule has 0 radical (unpaired) electrons. The molecule has 1 atom stereocenters. The molecular formula is C19H18N4O. The van der Waals surface area contributed by atoms with Gasteiger partial charge in [0, 0.05) is 23.6 Å². The van der Waals surface area contributed by atoms with Crippen LogP contribution in [-0.2, 0) is 0 Å². The third-order valence-corrected chi connectivity index (χ3v) is 4.12. The number of rotatable bonds is 4. The molecule has 0 saturated carbocycles. The molecule has 0 aliphatic heterocycles. The third-order valence-electron chi connectivity index (χ3n) is 4.12. The molecule has 3 aromatic heterocycles. The van der Waals surface area contributed by atoms with Crippen molar-refractivity contribution in [2.75, 3.05) is 5.32 Å². The van der Waals surface area contributed by atoms with E-state index < -0.39 is 0 Å². The fourth-order valence-corrected chi connectivity index (χ4v) is 2.79. The molecule has 0 aliphatic rings. The lowest BCUT2D eigenvalue weighted by Crippen LogP contribution is -2.05. The number of aromatic nitrogens is 3. The molecule has 5 nitrogen and oxygen atoms in total. The minimum absolute atomic E-state index is 0.0659. The molecule has 120 valence electrons. The Balaban J connectivity index is 1.57. The van der Waals surface area contributed by atoms with Crippen LogP contribution >= 0.6 is 0 Å². The van der Waals surface area contributed by atoms with E-state index in [4.69, 9.17) is 9.40 Å². The molecular weight excluding hydrogens is 300 g/mol. The van der Waals surface area contributed by atoms with Crippen LogP contribution in [0.4, 0.5) is 5.69 Å². The highest BCUT2D eigenvalue weighted by molar-refractivity contribution is 5.66. The molecule has 0 bridgehead atoms. The number of nitrogens with one attached hydrogen (secondary N) is 1. The average Bonchev–Trinajstić information content (AvgIpc) is 3.26. The van der Waals surface area contributed by atoms with Crippen LogP contribution in [0.3, 0.4) is 0 Å². The van der Waals surface area contributed by atoms with Gasteiger partial charge in [-0.1, -0.05) is 18.2 Å². The maximum absolute atomic E-state index is 5.32. The Labute approximate surface area is 140 Å². The van der Waals surface area contributed by atoms with Crippen LogP contribution in [0.5, 0.6) is 0 Å². The van der Waals surface area contributed by atoms with Crippen molar-refractivity contribution >= 4 is 11.3 Å². The molecule has 0 spiro atoms. The highest BCUT2D eigenvalue weighted by Gasteiger charge is 2.09. The Morgan fingerprint density at radius 3 is 2.71 bits per heavy atom. The van der Waals surface area contributed by atoms with E-state index in [1.54, 1.807) is 6.20 Å². The summed E-state index contributed by atoms with van der Waals surface area (Å²) >= 11 is 0. The van der Waals surface area contributed by atoms with E-state index in [0.717, 1.165) is 28.4 Å². The number of anilines is 1. The van der Waals surface area contributed by atoms with Crippen LogP contribution in [0, 0.1) is 6.92 Å². The van der Waals surface area contributed by atoms with Crippen LogP contribution in [0.15, 0.2) is 65.8 Å². The van der Waals surface area contributed by atoms with Gasteiger partial charge in [-0.2, -0.15) is 0 Å². The minimum Gasteiger partial charge on any atom is -0.446 e. The summed E-state index contributed by atoms with van der Waals surface area (Å²) in [6, 6.07) is 12.4. The zero-order valence-corrected chi connectivity index (χ0v) is 13.6. The molecule has 24 heavy (non-hydrogen) atoms. The van der Waals surface area contributed by atoms with Gasteiger partial charge in [-0.25, -0.2) is 9.97 Å². The van der Waals surface area contributed by atoms with Crippen molar-refractivity contribution in [3.8, 4) is 11.3 Å². The van der Waals surface area contributed by atoms with Crippen LogP contribution < -0.4 is 5.32 Å². The van der Waals surface area contributed by atoms with Gasteiger partial charge in [0.05, 0.1) is 17.9 Å². The maximum atomic E-state index is 5.32. The number of hydrogen-bond donors (Lipinski definition) is 1. The Morgan fingerprint density at radius 2 is 2.00 bits per heavy atom. The number of hydrogen-bond acceptors (Lipinski definition) is 4. The average molecular weight is 318 g/mol. The quantitative estimate of drug-likeness (QED) is 0.603. The number of nitrogens with zero attached hydrogens (tertiary/aromatic N) is 3. The lowest BCUT2D eigenvalue weighted by molar-refractivity contribution is 0.486. The van der Waals surface area contributed by atoms with Crippen molar-refractivity contribution in [2.24, 2.45) is 0 Å². The first-order valence-electron chi connectivity index (χ1n) is 7.90. The Bertz CT molecular complexity index is 955. The summed E-state index contributed by atoms with van der Waals surface area (Å²) < 4.78 is 7.38. The van der Waals surface area contributed by atoms with Gasteiger partial charge >= 0.3 is 0 Å². The molecule has 0 aliphatic carbocycles. The van der Waals surface area contributed by atoms with Crippen molar-refractivity contribution in [3.63, 3.8) is 0 Å². The third kappa shape index (κ3) is 2.65. The molecule has 5 heteroatoms. The predicted molar refractivity (Wildman–Crippen MR) is 93.9 cm³/mol. The molecule has 1 unspecified atom stereocenters. The number of imidazole rings is 1. The fourth-order valence-electron chi connectivity index (χ4n) is 2.79. The highest BCUT2D eigenvalue weighted by Crippen LogP contribution is 2.24. The molecule has 1 N–H and O–H groups in total. The van der Waals surface area contributed by atoms with Crippen molar-refractivity contribution in [3.05, 3.63) is 72.7 Å². The Kier molecular flexibility index (Phi) is 3.54. The Morgan fingerprint density at radius 1 is 1.17 bits per heavy atom. The van der Waals surface area contributed by atoms with Gasteiger partial charge in [0.15, 0.2) is 6.39 Å². The first kappa shape index (κ1) is 14.5. The van der Waals surface area contributed by atoms with Gasteiger partial charge in [-0.15, -0.1) is 0 Å². The van der Waals surface area contributed by atoms with Crippen LogP contribution in [0.2, 0.25) is 0 Å². The normalized spacial score (nSPS) is 12.4. The van der Waals surface area contributed by atoms with Gasteiger partial charge in [0.1, 0.15) is 11.4 Å². The van der Waals surface area contributed by atoms with E-state index in [2.05, 4.69) is 58.2 Å². The van der Waals surface area contributed by atoms with E-state index in [9.17, 15) is 0 Å². The number of aryl methyl sites for hydroxylation is 1. The zero-order chi connectivity index (χ0) is 16.5. The van der Waals surface area contributed by atoms with Gasteiger partial charge in [0.2, 0.25) is 0 Å².